The Morgan fingerprint density at radius 1 is 1.79 bits per heavy atom. The van der Waals surface area contributed by atoms with E-state index in [2.05, 4.69) is 4.98 Å². The van der Waals surface area contributed by atoms with Gasteiger partial charge in [0.1, 0.15) is 0 Å². The molecule has 2 heterocycles. The molecule has 1 aliphatic rings. The van der Waals surface area contributed by atoms with E-state index in [1.807, 2.05) is 18.5 Å². The Morgan fingerprint density at radius 3 is 3.14 bits per heavy atom. The van der Waals surface area contributed by atoms with Crippen LogP contribution in [0.4, 0.5) is 0 Å². The Kier molecular flexibility index (Phi) is 2.85. The van der Waals surface area contributed by atoms with Crippen molar-refractivity contribution in [1.82, 2.24) is 4.98 Å². The van der Waals surface area contributed by atoms with Crippen molar-refractivity contribution in [1.29, 1.82) is 0 Å². The Hall–Kier alpha value is -0.450. The first kappa shape index (κ1) is 10.1. The molecule has 1 aliphatic heterocycles. The van der Waals surface area contributed by atoms with Crippen LogP contribution >= 0.6 is 11.3 Å². The van der Waals surface area contributed by atoms with Gasteiger partial charge >= 0.3 is 0 Å². The smallest absolute Gasteiger partial charge is 0.0932 e. The van der Waals surface area contributed by atoms with Crippen LogP contribution in [0.25, 0.3) is 0 Å². The van der Waals surface area contributed by atoms with Gasteiger partial charge in [0.25, 0.3) is 0 Å². The molecule has 1 saturated heterocycles. The Morgan fingerprint density at radius 2 is 2.64 bits per heavy atom. The molecule has 2 atom stereocenters. The Balaban J connectivity index is 2.13. The van der Waals surface area contributed by atoms with Crippen molar-refractivity contribution < 1.29 is 9.84 Å². The molecule has 2 unspecified atom stereocenters. The molecule has 1 N–H and O–H groups in total. The summed E-state index contributed by atoms with van der Waals surface area (Å²) in [4.78, 5) is 4.26. The summed E-state index contributed by atoms with van der Waals surface area (Å²) < 4.78 is 5.53. The van der Waals surface area contributed by atoms with Gasteiger partial charge in [-0.05, 0) is 13.3 Å². The number of aromatic nitrogens is 1. The molecule has 4 heteroatoms. The minimum atomic E-state index is -0.0994. The van der Waals surface area contributed by atoms with Crippen LogP contribution in [-0.4, -0.2) is 29.4 Å². The van der Waals surface area contributed by atoms with Crippen LogP contribution in [-0.2, 0) is 11.2 Å². The van der Waals surface area contributed by atoms with E-state index in [0.717, 1.165) is 24.5 Å². The second-order valence-electron chi connectivity index (χ2n) is 3.89. The summed E-state index contributed by atoms with van der Waals surface area (Å²) in [6, 6.07) is 0. The standard InChI is InChI=1S/C10H15NO2S/c1-8-10(7-12,2-4-13-8)6-9-11-3-5-14-9/h3,5,8,12H,2,4,6-7H2,1H3. The highest BCUT2D eigenvalue weighted by molar-refractivity contribution is 7.09. The summed E-state index contributed by atoms with van der Waals surface area (Å²) in [5, 5.41) is 12.5. The highest BCUT2D eigenvalue weighted by atomic mass is 32.1. The van der Waals surface area contributed by atoms with E-state index in [0.29, 0.717) is 0 Å². The van der Waals surface area contributed by atoms with E-state index in [9.17, 15) is 5.11 Å². The number of hydrogen-bond donors (Lipinski definition) is 1. The fraction of sp³-hybridized carbons (Fsp3) is 0.700. The number of thiazole rings is 1. The van der Waals surface area contributed by atoms with Gasteiger partial charge in [0, 0.05) is 30.0 Å². The minimum Gasteiger partial charge on any atom is -0.396 e. The van der Waals surface area contributed by atoms with Crippen molar-refractivity contribution in [2.45, 2.75) is 25.9 Å². The molecule has 3 nitrogen and oxygen atoms in total. The van der Waals surface area contributed by atoms with Crippen molar-refractivity contribution in [2.24, 2.45) is 5.41 Å². The SMILES string of the molecule is CC1OCCC1(CO)Cc1nccs1. The summed E-state index contributed by atoms with van der Waals surface area (Å²) in [6.45, 7) is 2.98. The van der Waals surface area contributed by atoms with Crippen molar-refractivity contribution >= 4 is 11.3 Å². The normalized spacial score (nSPS) is 32.3. The van der Waals surface area contributed by atoms with Crippen molar-refractivity contribution in [3.05, 3.63) is 16.6 Å². The number of ether oxygens (including phenoxy) is 1. The zero-order valence-corrected chi connectivity index (χ0v) is 9.09. The largest absolute Gasteiger partial charge is 0.396 e. The van der Waals surface area contributed by atoms with Gasteiger partial charge in [-0.1, -0.05) is 0 Å². The van der Waals surface area contributed by atoms with E-state index in [1.54, 1.807) is 11.3 Å². The lowest BCUT2D eigenvalue weighted by atomic mass is 9.79. The summed E-state index contributed by atoms with van der Waals surface area (Å²) in [6.07, 6.45) is 3.72. The second kappa shape index (κ2) is 3.96. The van der Waals surface area contributed by atoms with Crippen LogP contribution in [0.15, 0.2) is 11.6 Å². The third-order valence-electron chi connectivity index (χ3n) is 3.13. The van der Waals surface area contributed by atoms with Crippen LogP contribution in [0.5, 0.6) is 0 Å². The number of rotatable bonds is 3. The van der Waals surface area contributed by atoms with E-state index in [-0.39, 0.29) is 18.1 Å². The Bertz CT molecular complexity index is 288. The molecule has 78 valence electrons. The maximum absolute atomic E-state index is 9.48. The first-order chi connectivity index (χ1) is 6.77. The maximum Gasteiger partial charge on any atom is 0.0932 e. The van der Waals surface area contributed by atoms with Gasteiger partial charge in [-0.2, -0.15) is 0 Å². The average molecular weight is 213 g/mol. The van der Waals surface area contributed by atoms with Crippen LogP contribution in [0.2, 0.25) is 0 Å². The van der Waals surface area contributed by atoms with Crippen LogP contribution in [0.1, 0.15) is 18.4 Å². The molecule has 0 saturated carbocycles. The maximum atomic E-state index is 9.48. The molecule has 0 spiro atoms. The highest BCUT2D eigenvalue weighted by Gasteiger charge is 2.41. The van der Waals surface area contributed by atoms with Crippen LogP contribution in [0, 0.1) is 5.41 Å². The molecular weight excluding hydrogens is 198 g/mol. The summed E-state index contributed by atoms with van der Waals surface area (Å²) >= 11 is 1.65. The zero-order valence-electron chi connectivity index (χ0n) is 8.27. The van der Waals surface area contributed by atoms with Gasteiger partial charge in [0.2, 0.25) is 0 Å². The van der Waals surface area contributed by atoms with Gasteiger partial charge in [0.05, 0.1) is 17.7 Å². The number of aliphatic hydroxyl groups excluding tert-OH is 1. The molecule has 0 aromatic carbocycles. The molecule has 14 heavy (non-hydrogen) atoms. The molecular formula is C10H15NO2S. The number of hydrogen-bond acceptors (Lipinski definition) is 4. The molecule has 0 radical (unpaired) electrons. The zero-order chi connectivity index (χ0) is 10.0. The average Bonchev–Trinajstić information content (AvgIpc) is 2.79. The molecule has 1 aromatic rings. The lowest BCUT2D eigenvalue weighted by molar-refractivity contribution is 0.0272. The summed E-state index contributed by atoms with van der Waals surface area (Å²) in [5.41, 5.74) is -0.0994. The Labute approximate surface area is 87.7 Å². The molecule has 0 amide bonds. The monoisotopic (exact) mass is 213 g/mol. The predicted molar refractivity (Wildman–Crippen MR) is 55.4 cm³/mol. The number of nitrogens with zero attached hydrogens (tertiary/aromatic N) is 1. The molecule has 1 aromatic heterocycles. The first-order valence-corrected chi connectivity index (χ1v) is 5.76. The fourth-order valence-corrected chi connectivity index (χ4v) is 2.73. The van der Waals surface area contributed by atoms with E-state index >= 15 is 0 Å². The lowest BCUT2D eigenvalue weighted by Crippen LogP contribution is -2.34. The van der Waals surface area contributed by atoms with E-state index in [1.165, 1.54) is 0 Å². The van der Waals surface area contributed by atoms with Crippen molar-refractivity contribution in [2.75, 3.05) is 13.2 Å². The van der Waals surface area contributed by atoms with Gasteiger partial charge in [-0.3, -0.25) is 0 Å². The summed E-state index contributed by atoms with van der Waals surface area (Å²) in [7, 11) is 0. The third kappa shape index (κ3) is 1.69. The van der Waals surface area contributed by atoms with Crippen molar-refractivity contribution in [3.8, 4) is 0 Å². The number of aliphatic hydroxyl groups is 1. The van der Waals surface area contributed by atoms with Gasteiger partial charge in [-0.15, -0.1) is 11.3 Å². The van der Waals surface area contributed by atoms with E-state index in [4.69, 9.17) is 4.74 Å². The molecule has 0 aliphatic carbocycles. The highest BCUT2D eigenvalue weighted by Crippen LogP contribution is 2.37. The first-order valence-electron chi connectivity index (χ1n) is 4.88. The van der Waals surface area contributed by atoms with Gasteiger partial charge in [-0.25, -0.2) is 4.98 Å². The molecule has 1 fully saturated rings. The summed E-state index contributed by atoms with van der Waals surface area (Å²) in [5.74, 6) is 0. The topological polar surface area (TPSA) is 42.4 Å². The predicted octanol–water partition coefficient (Wildman–Crippen LogP) is 1.47. The van der Waals surface area contributed by atoms with Gasteiger partial charge < -0.3 is 9.84 Å². The third-order valence-corrected chi connectivity index (χ3v) is 3.91. The quantitative estimate of drug-likeness (QED) is 0.827. The van der Waals surface area contributed by atoms with Gasteiger partial charge in [0.15, 0.2) is 0 Å². The minimum absolute atomic E-state index is 0.0994. The van der Waals surface area contributed by atoms with Crippen molar-refractivity contribution in [3.63, 3.8) is 0 Å². The second-order valence-corrected chi connectivity index (χ2v) is 4.87. The van der Waals surface area contributed by atoms with Crippen LogP contribution in [0.3, 0.4) is 0 Å². The molecule has 0 bridgehead atoms. The van der Waals surface area contributed by atoms with Crippen LogP contribution < -0.4 is 0 Å². The molecule has 2 rings (SSSR count). The fourth-order valence-electron chi connectivity index (χ4n) is 1.96. The van der Waals surface area contributed by atoms with E-state index < -0.39 is 0 Å². The lowest BCUT2D eigenvalue weighted by Gasteiger charge is -2.28.